The van der Waals surface area contributed by atoms with E-state index in [2.05, 4.69) is 5.32 Å². The number of amides is 2. The number of hydrogen-bond donors (Lipinski definition) is 3. The molecular formula is C13H22N2O4. The fourth-order valence-corrected chi connectivity index (χ4v) is 3.03. The number of hydrogen-bond acceptors (Lipinski definition) is 3. The molecule has 5 unspecified atom stereocenters. The average molecular weight is 270 g/mol. The Labute approximate surface area is 112 Å². The molecule has 5 atom stereocenters. The molecule has 0 radical (unpaired) electrons. The minimum atomic E-state index is -0.915. The zero-order valence-electron chi connectivity index (χ0n) is 11.4. The first-order valence-corrected chi connectivity index (χ1v) is 6.86. The van der Waals surface area contributed by atoms with Crippen LogP contribution in [0.1, 0.15) is 26.7 Å². The van der Waals surface area contributed by atoms with Gasteiger partial charge in [0.05, 0.1) is 12.0 Å². The quantitative estimate of drug-likeness (QED) is 0.697. The largest absolute Gasteiger partial charge is 0.481 e. The van der Waals surface area contributed by atoms with Gasteiger partial charge in [-0.25, -0.2) is 4.79 Å². The Hall–Kier alpha value is -1.30. The number of aliphatic carboxylic acids is 1. The minimum Gasteiger partial charge on any atom is -0.481 e. The zero-order chi connectivity index (χ0) is 14.2. The molecule has 0 spiro atoms. The summed E-state index contributed by atoms with van der Waals surface area (Å²) in [5.41, 5.74) is 0. The second kappa shape index (κ2) is 5.36. The van der Waals surface area contributed by atoms with Crippen molar-refractivity contribution in [3.8, 4) is 0 Å². The zero-order valence-corrected chi connectivity index (χ0v) is 11.4. The van der Waals surface area contributed by atoms with Gasteiger partial charge in [-0.05, 0) is 32.6 Å². The highest BCUT2D eigenvalue weighted by atomic mass is 16.4. The molecule has 1 aliphatic heterocycles. The van der Waals surface area contributed by atoms with Crippen molar-refractivity contribution in [2.45, 2.75) is 38.8 Å². The van der Waals surface area contributed by atoms with Crippen LogP contribution < -0.4 is 5.32 Å². The Morgan fingerprint density at radius 1 is 1.26 bits per heavy atom. The van der Waals surface area contributed by atoms with Gasteiger partial charge in [0.1, 0.15) is 0 Å². The number of carbonyl (C=O) groups excluding carboxylic acids is 1. The predicted octanol–water partition coefficient (Wildman–Crippen LogP) is 0.508. The SMILES string of the molecule is CC(NC(=O)N1CC2CCC(O)C2C1)C(C)C(=O)O. The Morgan fingerprint density at radius 3 is 2.53 bits per heavy atom. The van der Waals surface area contributed by atoms with E-state index in [1.807, 2.05) is 0 Å². The molecule has 1 saturated heterocycles. The second-order valence-corrected chi connectivity index (χ2v) is 5.84. The molecule has 19 heavy (non-hydrogen) atoms. The maximum Gasteiger partial charge on any atom is 0.317 e. The number of carbonyl (C=O) groups is 2. The van der Waals surface area contributed by atoms with Crippen LogP contribution in [-0.4, -0.2) is 52.3 Å². The van der Waals surface area contributed by atoms with Crippen molar-refractivity contribution in [3.05, 3.63) is 0 Å². The highest BCUT2D eigenvalue weighted by Crippen LogP contribution is 2.37. The summed E-state index contributed by atoms with van der Waals surface area (Å²) in [7, 11) is 0. The number of likely N-dealkylation sites (tertiary alicyclic amines) is 1. The summed E-state index contributed by atoms with van der Waals surface area (Å²) in [6.07, 6.45) is 1.51. The first-order valence-electron chi connectivity index (χ1n) is 6.86. The van der Waals surface area contributed by atoms with Gasteiger partial charge in [0, 0.05) is 25.0 Å². The second-order valence-electron chi connectivity index (χ2n) is 5.84. The summed E-state index contributed by atoms with van der Waals surface area (Å²) in [5, 5.41) is 21.4. The van der Waals surface area contributed by atoms with Crippen molar-refractivity contribution in [1.82, 2.24) is 10.2 Å². The monoisotopic (exact) mass is 270 g/mol. The predicted molar refractivity (Wildman–Crippen MR) is 68.6 cm³/mol. The summed E-state index contributed by atoms with van der Waals surface area (Å²) < 4.78 is 0. The number of rotatable bonds is 3. The van der Waals surface area contributed by atoms with Gasteiger partial charge in [0.15, 0.2) is 0 Å². The molecule has 0 aromatic rings. The van der Waals surface area contributed by atoms with Gasteiger partial charge in [-0.2, -0.15) is 0 Å². The number of nitrogens with zero attached hydrogens (tertiary/aromatic N) is 1. The van der Waals surface area contributed by atoms with Crippen LogP contribution in [0.4, 0.5) is 4.79 Å². The third-order valence-electron chi connectivity index (χ3n) is 4.60. The molecular weight excluding hydrogens is 248 g/mol. The van der Waals surface area contributed by atoms with E-state index in [1.165, 1.54) is 0 Å². The van der Waals surface area contributed by atoms with Gasteiger partial charge < -0.3 is 20.4 Å². The molecule has 2 fully saturated rings. The van der Waals surface area contributed by atoms with Crippen LogP contribution in [0, 0.1) is 17.8 Å². The first-order chi connectivity index (χ1) is 8.90. The average Bonchev–Trinajstić information content (AvgIpc) is 2.90. The van der Waals surface area contributed by atoms with Crippen LogP contribution in [0.5, 0.6) is 0 Å². The van der Waals surface area contributed by atoms with Crippen LogP contribution >= 0.6 is 0 Å². The van der Waals surface area contributed by atoms with Crippen molar-refractivity contribution >= 4 is 12.0 Å². The van der Waals surface area contributed by atoms with Crippen molar-refractivity contribution in [2.75, 3.05) is 13.1 Å². The summed E-state index contributed by atoms with van der Waals surface area (Å²) in [5.74, 6) is -0.941. The van der Waals surface area contributed by atoms with E-state index in [-0.39, 0.29) is 18.1 Å². The first kappa shape index (κ1) is 14.1. The maximum absolute atomic E-state index is 12.1. The van der Waals surface area contributed by atoms with Gasteiger partial charge in [-0.3, -0.25) is 4.79 Å². The standard InChI is InChI=1S/C13H22N2O4/c1-7(12(17)18)8(2)14-13(19)15-5-9-3-4-11(16)10(9)6-15/h7-11,16H,3-6H2,1-2H3,(H,14,19)(H,17,18). The number of aliphatic hydroxyl groups is 1. The number of carboxylic acid groups (broad SMARTS) is 1. The topological polar surface area (TPSA) is 89.9 Å². The highest BCUT2D eigenvalue weighted by molar-refractivity contribution is 5.77. The van der Waals surface area contributed by atoms with E-state index in [4.69, 9.17) is 5.11 Å². The lowest BCUT2D eigenvalue weighted by Crippen LogP contribution is -2.47. The number of urea groups is 1. The van der Waals surface area contributed by atoms with Crippen molar-refractivity contribution in [2.24, 2.45) is 17.8 Å². The van der Waals surface area contributed by atoms with Gasteiger partial charge >= 0.3 is 12.0 Å². The fourth-order valence-electron chi connectivity index (χ4n) is 3.03. The van der Waals surface area contributed by atoms with Crippen molar-refractivity contribution in [1.29, 1.82) is 0 Å². The van der Waals surface area contributed by atoms with Crippen LogP contribution in [0.2, 0.25) is 0 Å². The smallest absolute Gasteiger partial charge is 0.317 e. The lowest BCUT2D eigenvalue weighted by atomic mass is 10.00. The normalized spacial score (nSPS) is 32.8. The van der Waals surface area contributed by atoms with Crippen LogP contribution in [0.15, 0.2) is 0 Å². The number of fused-ring (bicyclic) bond motifs is 1. The van der Waals surface area contributed by atoms with Gasteiger partial charge in [-0.1, -0.05) is 0 Å². The fraction of sp³-hybridized carbons (Fsp3) is 0.846. The summed E-state index contributed by atoms with van der Waals surface area (Å²) in [6.45, 7) is 4.52. The molecule has 3 N–H and O–H groups in total. The molecule has 0 aromatic heterocycles. The number of carboxylic acids is 1. The van der Waals surface area contributed by atoms with Crippen molar-refractivity contribution in [3.63, 3.8) is 0 Å². The number of aliphatic hydroxyl groups excluding tert-OH is 1. The van der Waals surface area contributed by atoms with E-state index in [1.54, 1.807) is 18.7 Å². The molecule has 2 amide bonds. The van der Waals surface area contributed by atoms with Crippen LogP contribution in [0.25, 0.3) is 0 Å². The third kappa shape index (κ3) is 2.83. The van der Waals surface area contributed by atoms with E-state index in [0.717, 1.165) is 12.8 Å². The van der Waals surface area contributed by atoms with Crippen LogP contribution in [0.3, 0.4) is 0 Å². The number of nitrogens with one attached hydrogen (secondary N) is 1. The van der Waals surface area contributed by atoms with E-state index in [0.29, 0.717) is 19.0 Å². The van der Waals surface area contributed by atoms with Gasteiger partial charge in [0.2, 0.25) is 0 Å². The van der Waals surface area contributed by atoms with E-state index in [9.17, 15) is 14.7 Å². The molecule has 2 rings (SSSR count). The van der Waals surface area contributed by atoms with Crippen molar-refractivity contribution < 1.29 is 19.8 Å². The molecule has 0 aromatic carbocycles. The Bertz CT molecular complexity index is 374. The maximum atomic E-state index is 12.1. The lowest BCUT2D eigenvalue weighted by molar-refractivity contribution is -0.141. The third-order valence-corrected chi connectivity index (χ3v) is 4.60. The highest BCUT2D eigenvalue weighted by Gasteiger charge is 2.43. The molecule has 6 heteroatoms. The minimum absolute atomic E-state index is 0.193. The van der Waals surface area contributed by atoms with E-state index >= 15 is 0 Å². The van der Waals surface area contributed by atoms with E-state index < -0.39 is 17.9 Å². The Morgan fingerprint density at radius 2 is 1.95 bits per heavy atom. The Balaban J connectivity index is 1.87. The Kier molecular flexibility index (Phi) is 3.99. The molecule has 6 nitrogen and oxygen atoms in total. The van der Waals surface area contributed by atoms with Gasteiger partial charge in [0.25, 0.3) is 0 Å². The molecule has 2 aliphatic rings. The molecule has 0 bridgehead atoms. The molecule has 108 valence electrons. The summed E-state index contributed by atoms with van der Waals surface area (Å²) in [4.78, 5) is 24.6. The molecule has 1 saturated carbocycles. The van der Waals surface area contributed by atoms with Crippen LogP contribution in [-0.2, 0) is 4.79 Å². The summed E-state index contributed by atoms with van der Waals surface area (Å²) >= 11 is 0. The lowest BCUT2D eigenvalue weighted by Gasteiger charge is -2.24. The molecule has 1 aliphatic carbocycles. The summed E-state index contributed by atoms with van der Waals surface area (Å²) in [6, 6.07) is -0.627. The van der Waals surface area contributed by atoms with Gasteiger partial charge in [-0.15, -0.1) is 0 Å². The molecule has 1 heterocycles.